The van der Waals surface area contributed by atoms with E-state index in [1.54, 1.807) is 66.7 Å². The van der Waals surface area contributed by atoms with Crippen molar-refractivity contribution in [3.05, 3.63) is 94.0 Å². The standard InChI is InChI=1S/C29H28ClNO5/c1-5-35-23-12-9-19(10-13-23)26-25(27(32)20-11-14-24(18(4)15-20)36-17(2)3)28(33)29(34)31(26)22-8-6-7-21(30)16-22/h6-17,26,32H,5H2,1-4H3/b27-25-. The van der Waals surface area contributed by atoms with Gasteiger partial charge in [-0.3, -0.25) is 14.5 Å². The number of rotatable bonds is 7. The molecule has 1 saturated heterocycles. The van der Waals surface area contributed by atoms with Crippen molar-refractivity contribution in [2.45, 2.75) is 39.8 Å². The summed E-state index contributed by atoms with van der Waals surface area (Å²) < 4.78 is 11.3. The quantitative estimate of drug-likeness (QED) is 0.226. The Kier molecular flexibility index (Phi) is 7.36. The van der Waals surface area contributed by atoms with Gasteiger partial charge in [0.2, 0.25) is 0 Å². The Morgan fingerprint density at radius 1 is 1.06 bits per heavy atom. The molecule has 6 nitrogen and oxygen atoms in total. The SMILES string of the molecule is CCOc1ccc(C2/C(=C(/O)c3ccc(OC(C)C)c(C)c3)C(=O)C(=O)N2c2cccc(Cl)c2)cc1. The highest BCUT2D eigenvalue weighted by molar-refractivity contribution is 6.51. The van der Waals surface area contributed by atoms with Crippen LogP contribution in [0.25, 0.3) is 5.76 Å². The molecule has 186 valence electrons. The zero-order valence-corrected chi connectivity index (χ0v) is 21.4. The van der Waals surface area contributed by atoms with E-state index in [0.29, 0.717) is 39.9 Å². The first-order valence-electron chi connectivity index (χ1n) is 11.8. The van der Waals surface area contributed by atoms with Crippen LogP contribution in [0.3, 0.4) is 0 Å². The third kappa shape index (κ3) is 4.95. The maximum atomic E-state index is 13.3. The number of benzene rings is 3. The minimum atomic E-state index is -0.856. The van der Waals surface area contributed by atoms with Crippen LogP contribution in [0.15, 0.2) is 72.3 Å². The molecule has 1 amide bonds. The van der Waals surface area contributed by atoms with Crippen molar-refractivity contribution in [2.24, 2.45) is 0 Å². The van der Waals surface area contributed by atoms with Crippen molar-refractivity contribution < 1.29 is 24.2 Å². The lowest BCUT2D eigenvalue weighted by Gasteiger charge is -2.26. The first-order valence-corrected chi connectivity index (χ1v) is 12.2. The molecule has 1 unspecified atom stereocenters. The summed E-state index contributed by atoms with van der Waals surface area (Å²) in [6.07, 6.45) is -0.00849. The van der Waals surface area contributed by atoms with Gasteiger partial charge in [0.15, 0.2) is 0 Å². The van der Waals surface area contributed by atoms with E-state index >= 15 is 0 Å². The fourth-order valence-corrected chi connectivity index (χ4v) is 4.48. The number of amides is 1. The zero-order chi connectivity index (χ0) is 26.0. The number of halogens is 1. The number of Topliss-reactive ketones (excluding diaryl/α,β-unsaturated/α-hetero) is 1. The summed E-state index contributed by atoms with van der Waals surface area (Å²) >= 11 is 6.21. The summed E-state index contributed by atoms with van der Waals surface area (Å²) in [4.78, 5) is 28.0. The second kappa shape index (κ2) is 10.5. The van der Waals surface area contributed by atoms with Crippen LogP contribution in [0, 0.1) is 6.92 Å². The normalized spacial score (nSPS) is 17.1. The smallest absolute Gasteiger partial charge is 0.300 e. The number of ketones is 1. The van der Waals surface area contributed by atoms with Gasteiger partial charge in [0, 0.05) is 16.3 Å². The molecule has 1 atom stereocenters. The van der Waals surface area contributed by atoms with Gasteiger partial charge in [0.05, 0.1) is 24.3 Å². The van der Waals surface area contributed by atoms with Gasteiger partial charge in [-0.1, -0.05) is 29.8 Å². The van der Waals surface area contributed by atoms with Gasteiger partial charge in [-0.25, -0.2) is 0 Å². The van der Waals surface area contributed by atoms with Gasteiger partial charge in [0.1, 0.15) is 17.3 Å². The lowest BCUT2D eigenvalue weighted by Crippen LogP contribution is -2.29. The monoisotopic (exact) mass is 505 g/mol. The Morgan fingerprint density at radius 3 is 2.39 bits per heavy atom. The number of aliphatic hydroxyl groups is 1. The zero-order valence-electron chi connectivity index (χ0n) is 20.6. The van der Waals surface area contributed by atoms with Crippen LogP contribution in [-0.2, 0) is 9.59 Å². The highest BCUT2D eigenvalue weighted by Crippen LogP contribution is 2.43. The third-order valence-corrected chi connectivity index (χ3v) is 6.08. The minimum Gasteiger partial charge on any atom is -0.507 e. The summed E-state index contributed by atoms with van der Waals surface area (Å²) in [7, 11) is 0. The minimum absolute atomic E-state index is 0.000985. The molecule has 36 heavy (non-hydrogen) atoms. The maximum absolute atomic E-state index is 13.3. The molecule has 0 aliphatic carbocycles. The van der Waals surface area contributed by atoms with E-state index < -0.39 is 17.7 Å². The van der Waals surface area contributed by atoms with Crippen molar-refractivity contribution >= 4 is 34.7 Å². The van der Waals surface area contributed by atoms with Crippen LogP contribution in [0.4, 0.5) is 5.69 Å². The molecule has 1 fully saturated rings. The summed E-state index contributed by atoms with van der Waals surface area (Å²) in [6, 6.07) is 18.2. The predicted octanol–water partition coefficient (Wildman–Crippen LogP) is 6.46. The highest BCUT2D eigenvalue weighted by atomic mass is 35.5. The number of carbonyl (C=O) groups is 2. The van der Waals surface area contributed by atoms with E-state index in [2.05, 4.69) is 0 Å². The van der Waals surface area contributed by atoms with Gasteiger partial charge >= 0.3 is 0 Å². The third-order valence-electron chi connectivity index (χ3n) is 5.85. The van der Waals surface area contributed by atoms with Crippen molar-refractivity contribution in [1.29, 1.82) is 0 Å². The second-order valence-corrected chi connectivity index (χ2v) is 9.23. The molecule has 0 saturated carbocycles. The topological polar surface area (TPSA) is 76.1 Å². The number of nitrogens with zero attached hydrogens (tertiary/aromatic N) is 1. The Hall–Kier alpha value is -3.77. The molecule has 0 spiro atoms. The molecule has 1 N–H and O–H groups in total. The Balaban J connectivity index is 1.87. The first kappa shape index (κ1) is 25.3. The summed E-state index contributed by atoms with van der Waals surface area (Å²) in [5.74, 6) is -0.419. The molecule has 3 aromatic carbocycles. The number of hydrogen-bond donors (Lipinski definition) is 1. The average molecular weight is 506 g/mol. The summed E-state index contributed by atoms with van der Waals surface area (Å²) in [5.41, 5.74) is 2.33. The lowest BCUT2D eigenvalue weighted by atomic mass is 9.94. The average Bonchev–Trinajstić information content (AvgIpc) is 3.11. The van der Waals surface area contributed by atoms with Crippen LogP contribution in [0.1, 0.15) is 43.5 Å². The van der Waals surface area contributed by atoms with Gasteiger partial charge < -0.3 is 14.6 Å². The van der Waals surface area contributed by atoms with Gasteiger partial charge in [0.25, 0.3) is 11.7 Å². The van der Waals surface area contributed by atoms with Crippen LogP contribution >= 0.6 is 11.6 Å². The van der Waals surface area contributed by atoms with E-state index in [9.17, 15) is 14.7 Å². The second-order valence-electron chi connectivity index (χ2n) is 8.80. The molecule has 3 aromatic rings. The molecule has 7 heteroatoms. The number of hydrogen-bond acceptors (Lipinski definition) is 5. The molecular weight excluding hydrogens is 478 g/mol. The first-order chi connectivity index (χ1) is 17.2. The van der Waals surface area contributed by atoms with Crippen LogP contribution in [-0.4, -0.2) is 29.5 Å². The van der Waals surface area contributed by atoms with Crippen LogP contribution in [0.5, 0.6) is 11.5 Å². The van der Waals surface area contributed by atoms with E-state index in [-0.39, 0.29) is 17.4 Å². The Bertz CT molecular complexity index is 1330. The Labute approximate surface area is 215 Å². The molecular formula is C29H28ClNO5. The van der Waals surface area contributed by atoms with E-state index in [1.165, 1.54) is 4.90 Å². The molecule has 4 rings (SSSR count). The molecule has 1 heterocycles. The van der Waals surface area contributed by atoms with Crippen molar-refractivity contribution in [1.82, 2.24) is 0 Å². The van der Waals surface area contributed by atoms with Crippen LogP contribution in [0.2, 0.25) is 5.02 Å². The highest BCUT2D eigenvalue weighted by Gasteiger charge is 2.47. The fourth-order valence-electron chi connectivity index (χ4n) is 4.29. The fraction of sp³-hybridized carbons (Fsp3) is 0.241. The molecule has 0 bridgehead atoms. The van der Waals surface area contributed by atoms with Crippen molar-refractivity contribution in [2.75, 3.05) is 11.5 Å². The van der Waals surface area contributed by atoms with E-state index in [4.69, 9.17) is 21.1 Å². The van der Waals surface area contributed by atoms with Crippen LogP contribution < -0.4 is 14.4 Å². The van der Waals surface area contributed by atoms with Gasteiger partial charge in [-0.05, 0) is 87.4 Å². The maximum Gasteiger partial charge on any atom is 0.300 e. The Morgan fingerprint density at radius 2 is 1.78 bits per heavy atom. The largest absolute Gasteiger partial charge is 0.507 e. The summed E-state index contributed by atoms with van der Waals surface area (Å²) in [5, 5.41) is 11.8. The number of aryl methyl sites for hydroxylation is 1. The number of carbonyl (C=O) groups excluding carboxylic acids is 2. The van der Waals surface area contributed by atoms with Crippen molar-refractivity contribution in [3.8, 4) is 11.5 Å². The lowest BCUT2D eigenvalue weighted by molar-refractivity contribution is -0.132. The summed E-state index contributed by atoms with van der Waals surface area (Å²) in [6.45, 7) is 8.13. The molecule has 1 aliphatic rings. The van der Waals surface area contributed by atoms with Gasteiger partial charge in [-0.15, -0.1) is 0 Å². The number of ether oxygens (including phenoxy) is 2. The van der Waals surface area contributed by atoms with Crippen molar-refractivity contribution in [3.63, 3.8) is 0 Å². The van der Waals surface area contributed by atoms with Gasteiger partial charge in [-0.2, -0.15) is 0 Å². The van der Waals surface area contributed by atoms with E-state index in [1.807, 2.05) is 27.7 Å². The number of aliphatic hydroxyl groups excluding tert-OH is 1. The number of anilines is 1. The molecule has 0 radical (unpaired) electrons. The molecule has 0 aromatic heterocycles. The van der Waals surface area contributed by atoms with E-state index in [0.717, 1.165) is 5.56 Å². The molecule has 1 aliphatic heterocycles. The predicted molar refractivity (Wildman–Crippen MR) is 141 cm³/mol.